The van der Waals surface area contributed by atoms with E-state index in [1.165, 1.54) is 57.8 Å². The Bertz CT molecular complexity index is 279. The third kappa shape index (κ3) is 4.86. The van der Waals surface area contributed by atoms with Crippen LogP contribution in [0.15, 0.2) is 0 Å². The molecule has 0 amide bonds. The van der Waals surface area contributed by atoms with Crippen molar-refractivity contribution in [1.29, 1.82) is 0 Å². The molecule has 1 nitrogen and oxygen atoms in total. The Morgan fingerprint density at radius 1 is 0.900 bits per heavy atom. The molecule has 2 aliphatic carbocycles. The second-order valence-corrected chi connectivity index (χ2v) is 9.15. The van der Waals surface area contributed by atoms with E-state index in [2.05, 4.69) is 43.4 Å². The highest BCUT2D eigenvalue weighted by Crippen LogP contribution is 2.38. The minimum atomic E-state index is 0.521. The fraction of sp³-hybridized carbons (Fsp3) is 1.00. The van der Waals surface area contributed by atoms with Gasteiger partial charge in [0.05, 0.1) is 12.2 Å². The normalized spacial score (nSPS) is 40.4. The van der Waals surface area contributed by atoms with E-state index in [-0.39, 0.29) is 0 Å². The number of hydrogen-bond acceptors (Lipinski definition) is 1. The van der Waals surface area contributed by atoms with Gasteiger partial charge in [-0.05, 0) is 43.4 Å². The van der Waals surface area contributed by atoms with Crippen LogP contribution in [0, 0.1) is 17.8 Å². The van der Waals surface area contributed by atoms with Gasteiger partial charge in [0, 0.05) is 3.92 Å². The Hall–Kier alpha value is 0.690. The molecule has 0 saturated heterocycles. The standard InChI is InChI=1S/C18H33IO/c1-13(2)15-11-10-14(3)12-18(15)20-17-9-7-5-4-6-8-16(17)19/h13-18H,4-12H2,1-3H3. The second-order valence-electron chi connectivity index (χ2n) is 7.55. The second kappa shape index (κ2) is 8.36. The third-order valence-corrected chi connectivity index (χ3v) is 6.86. The summed E-state index contributed by atoms with van der Waals surface area (Å²) >= 11 is 2.66. The topological polar surface area (TPSA) is 9.23 Å². The minimum absolute atomic E-state index is 0.521. The molecule has 2 rings (SSSR count). The smallest absolute Gasteiger partial charge is 0.0696 e. The maximum absolute atomic E-state index is 6.72. The van der Waals surface area contributed by atoms with Crippen molar-refractivity contribution >= 4 is 22.6 Å². The molecule has 0 radical (unpaired) electrons. The largest absolute Gasteiger partial charge is 0.374 e. The maximum Gasteiger partial charge on any atom is 0.0696 e. The predicted octanol–water partition coefficient (Wildman–Crippen LogP) is 5.99. The lowest BCUT2D eigenvalue weighted by Gasteiger charge is -2.40. The van der Waals surface area contributed by atoms with Gasteiger partial charge in [0.15, 0.2) is 0 Å². The lowest BCUT2D eigenvalue weighted by Crippen LogP contribution is -2.39. The molecule has 0 aromatic rings. The number of ether oxygens (including phenoxy) is 1. The summed E-state index contributed by atoms with van der Waals surface area (Å²) in [6, 6.07) is 0. The molecule has 2 aliphatic rings. The van der Waals surface area contributed by atoms with Crippen LogP contribution in [0.4, 0.5) is 0 Å². The SMILES string of the molecule is CC1CCC(C(C)C)C(OC2CCCCCCC2I)C1. The van der Waals surface area contributed by atoms with E-state index in [9.17, 15) is 0 Å². The Morgan fingerprint density at radius 3 is 2.30 bits per heavy atom. The molecule has 2 saturated carbocycles. The van der Waals surface area contributed by atoms with Crippen molar-refractivity contribution in [3.05, 3.63) is 0 Å². The van der Waals surface area contributed by atoms with Crippen molar-refractivity contribution in [3.63, 3.8) is 0 Å². The van der Waals surface area contributed by atoms with Crippen molar-refractivity contribution in [3.8, 4) is 0 Å². The summed E-state index contributed by atoms with van der Waals surface area (Å²) in [6.07, 6.45) is 13.4. The van der Waals surface area contributed by atoms with Crippen molar-refractivity contribution in [2.75, 3.05) is 0 Å². The molecule has 0 N–H and O–H groups in total. The number of halogens is 1. The first-order valence-corrected chi connectivity index (χ1v) is 10.1. The van der Waals surface area contributed by atoms with Crippen LogP contribution in [0.1, 0.15) is 78.6 Å². The molecule has 2 fully saturated rings. The first kappa shape index (κ1) is 17.1. The van der Waals surface area contributed by atoms with Crippen LogP contribution in [0.2, 0.25) is 0 Å². The molecule has 2 heteroatoms. The lowest BCUT2D eigenvalue weighted by atomic mass is 9.75. The average Bonchev–Trinajstić information content (AvgIpc) is 2.38. The highest BCUT2D eigenvalue weighted by molar-refractivity contribution is 14.1. The molecular formula is C18H33IO. The van der Waals surface area contributed by atoms with Crippen LogP contribution in [-0.2, 0) is 4.74 Å². The van der Waals surface area contributed by atoms with Gasteiger partial charge in [0.25, 0.3) is 0 Å². The predicted molar refractivity (Wildman–Crippen MR) is 95.5 cm³/mol. The van der Waals surface area contributed by atoms with E-state index in [0.29, 0.717) is 12.2 Å². The van der Waals surface area contributed by atoms with Gasteiger partial charge in [-0.15, -0.1) is 0 Å². The van der Waals surface area contributed by atoms with Crippen LogP contribution in [0.25, 0.3) is 0 Å². The summed E-state index contributed by atoms with van der Waals surface area (Å²) in [5.41, 5.74) is 0. The Morgan fingerprint density at radius 2 is 1.60 bits per heavy atom. The molecule has 20 heavy (non-hydrogen) atoms. The van der Waals surface area contributed by atoms with Crippen LogP contribution >= 0.6 is 22.6 Å². The molecule has 5 atom stereocenters. The molecule has 0 heterocycles. The maximum atomic E-state index is 6.72. The zero-order valence-corrected chi connectivity index (χ0v) is 15.8. The highest BCUT2D eigenvalue weighted by Gasteiger charge is 2.34. The summed E-state index contributed by atoms with van der Waals surface area (Å²) < 4.78 is 7.45. The number of alkyl halides is 1. The van der Waals surface area contributed by atoms with Gasteiger partial charge in [-0.3, -0.25) is 0 Å². The fourth-order valence-electron chi connectivity index (χ4n) is 4.05. The van der Waals surface area contributed by atoms with Gasteiger partial charge in [-0.25, -0.2) is 0 Å². The number of hydrogen-bond donors (Lipinski definition) is 0. The molecule has 0 bridgehead atoms. The number of rotatable bonds is 3. The Labute approximate surface area is 139 Å². The van der Waals surface area contributed by atoms with E-state index in [1.54, 1.807) is 0 Å². The molecule has 0 spiro atoms. The Kier molecular flexibility index (Phi) is 7.12. The zero-order chi connectivity index (χ0) is 14.5. The van der Waals surface area contributed by atoms with Crippen molar-refractivity contribution in [2.45, 2.75) is 94.7 Å². The molecule has 5 unspecified atom stereocenters. The van der Waals surface area contributed by atoms with Crippen molar-refractivity contribution < 1.29 is 4.74 Å². The summed E-state index contributed by atoms with van der Waals surface area (Å²) in [5.74, 6) is 2.42. The van der Waals surface area contributed by atoms with Crippen LogP contribution in [-0.4, -0.2) is 16.1 Å². The van der Waals surface area contributed by atoms with Gasteiger partial charge in [-0.1, -0.05) is 75.5 Å². The summed E-state index contributed by atoms with van der Waals surface area (Å²) in [7, 11) is 0. The summed E-state index contributed by atoms with van der Waals surface area (Å²) in [6.45, 7) is 7.18. The van der Waals surface area contributed by atoms with Gasteiger partial charge >= 0.3 is 0 Å². The molecular weight excluding hydrogens is 359 g/mol. The summed E-state index contributed by atoms with van der Waals surface area (Å²) in [5, 5.41) is 0. The molecule has 118 valence electrons. The lowest BCUT2D eigenvalue weighted by molar-refractivity contribution is -0.0834. The van der Waals surface area contributed by atoms with E-state index in [0.717, 1.165) is 21.7 Å². The first-order valence-electron chi connectivity index (χ1n) is 8.87. The van der Waals surface area contributed by atoms with Crippen molar-refractivity contribution in [2.24, 2.45) is 17.8 Å². The van der Waals surface area contributed by atoms with E-state index < -0.39 is 0 Å². The highest BCUT2D eigenvalue weighted by atomic mass is 127. The fourth-order valence-corrected chi connectivity index (χ4v) is 5.02. The van der Waals surface area contributed by atoms with Gasteiger partial charge in [0.2, 0.25) is 0 Å². The van der Waals surface area contributed by atoms with E-state index in [4.69, 9.17) is 4.74 Å². The van der Waals surface area contributed by atoms with Gasteiger partial charge in [-0.2, -0.15) is 0 Å². The van der Waals surface area contributed by atoms with E-state index in [1.807, 2.05) is 0 Å². The van der Waals surface area contributed by atoms with Crippen LogP contribution in [0.3, 0.4) is 0 Å². The summed E-state index contributed by atoms with van der Waals surface area (Å²) in [4.78, 5) is 0. The van der Waals surface area contributed by atoms with Crippen LogP contribution < -0.4 is 0 Å². The zero-order valence-electron chi connectivity index (χ0n) is 13.6. The van der Waals surface area contributed by atoms with Gasteiger partial charge in [0.1, 0.15) is 0 Å². The molecule has 0 aromatic carbocycles. The van der Waals surface area contributed by atoms with Gasteiger partial charge < -0.3 is 4.74 Å². The first-order chi connectivity index (χ1) is 9.58. The Balaban J connectivity index is 1.96. The van der Waals surface area contributed by atoms with E-state index >= 15 is 0 Å². The van der Waals surface area contributed by atoms with Crippen LogP contribution in [0.5, 0.6) is 0 Å². The monoisotopic (exact) mass is 392 g/mol. The quantitative estimate of drug-likeness (QED) is 0.423. The third-order valence-electron chi connectivity index (χ3n) is 5.43. The minimum Gasteiger partial charge on any atom is -0.374 e. The van der Waals surface area contributed by atoms with Crippen molar-refractivity contribution in [1.82, 2.24) is 0 Å². The molecule has 0 aromatic heterocycles. The average molecular weight is 392 g/mol. The molecule has 0 aliphatic heterocycles.